The second-order valence-corrected chi connectivity index (χ2v) is 3.72. The van der Waals surface area contributed by atoms with E-state index in [4.69, 9.17) is 5.53 Å². The molecule has 0 bridgehead atoms. The van der Waals surface area contributed by atoms with Crippen LogP contribution in [0.4, 0.5) is 0 Å². The van der Waals surface area contributed by atoms with Gasteiger partial charge in [0.15, 0.2) is 0 Å². The van der Waals surface area contributed by atoms with Crippen LogP contribution in [0, 0.1) is 0 Å². The molecule has 0 saturated heterocycles. The largest absolute Gasteiger partial charge is 0.153 e. The molecule has 1 saturated carbocycles. The lowest BCUT2D eigenvalue weighted by atomic mass is 10.3. The maximum Gasteiger partial charge on any atom is 0.0941 e. The highest BCUT2D eigenvalue weighted by atomic mass is 32.2. The number of rotatable bonds is 2. The van der Waals surface area contributed by atoms with Crippen LogP contribution < -0.4 is 0 Å². The summed E-state index contributed by atoms with van der Waals surface area (Å²) >= 11 is 1.68. The second-order valence-electron chi connectivity index (χ2n) is 2.55. The molecule has 3 nitrogen and oxygen atoms in total. The van der Waals surface area contributed by atoms with E-state index < -0.39 is 0 Å². The molecule has 10 heavy (non-hydrogen) atoms. The highest BCUT2D eigenvalue weighted by Gasteiger charge is 2.31. The summed E-state index contributed by atoms with van der Waals surface area (Å²) in [5, 5.41) is 3.82. The Labute approximate surface area is 64.8 Å². The van der Waals surface area contributed by atoms with Crippen LogP contribution >= 0.6 is 11.8 Å². The maximum atomic E-state index is 8.27. The molecule has 1 aliphatic rings. The molecule has 0 aliphatic heterocycles. The van der Waals surface area contributed by atoms with Crippen molar-refractivity contribution in [1.29, 1.82) is 0 Å². The summed E-state index contributed by atoms with van der Waals surface area (Å²) in [5.41, 5.74) is 8.27. The van der Waals surface area contributed by atoms with Gasteiger partial charge in [0.2, 0.25) is 0 Å². The standard InChI is InChI=1S/C6H11N3S/c1-10-6(8-9-7)4-2-3-5-6/h2-5H2,1H3. The van der Waals surface area contributed by atoms with Gasteiger partial charge in [-0.3, -0.25) is 0 Å². The number of hydrogen-bond donors (Lipinski definition) is 0. The lowest BCUT2D eigenvalue weighted by molar-refractivity contribution is 0.636. The van der Waals surface area contributed by atoms with Crippen LogP contribution in [0.3, 0.4) is 0 Å². The molecule has 0 radical (unpaired) electrons. The Hall–Kier alpha value is -0.340. The number of hydrogen-bond acceptors (Lipinski definition) is 2. The topological polar surface area (TPSA) is 48.8 Å². The van der Waals surface area contributed by atoms with Gasteiger partial charge in [0.1, 0.15) is 0 Å². The van der Waals surface area contributed by atoms with E-state index in [2.05, 4.69) is 10.0 Å². The van der Waals surface area contributed by atoms with Crippen LogP contribution in [0.2, 0.25) is 0 Å². The molecule has 0 atom stereocenters. The zero-order valence-electron chi connectivity index (χ0n) is 6.08. The van der Waals surface area contributed by atoms with Crippen LogP contribution in [0.1, 0.15) is 25.7 Å². The molecule has 56 valence electrons. The summed E-state index contributed by atoms with van der Waals surface area (Å²) in [6.45, 7) is 0. The second kappa shape index (κ2) is 3.17. The average Bonchev–Trinajstić information content (AvgIpc) is 2.39. The van der Waals surface area contributed by atoms with E-state index in [-0.39, 0.29) is 4.87 Å². The fourth-order valence-corrected chi connectivity index (χ4v) is 2.17. The summed E-state index contributed by atoms with van der Waals surface area (Å²) in [4.78, 5) is 2.78. The summed E-state index contributed by atoms with van der Waals surface area (Å²) in [7, 11) is 0. The first-order valence-electron chi connectivity index (χ1n) is 3.44. The van der Waals surface area contributed by atoms with Crippen LogP contribution in [0.15, 0.2) is 5.11 Å². The first-order valence-corrected chi connectivity index (χ1v) is 4.67. The molecule has 0 N–H and O–H groups in total. The van der Waals surface area contributed by atoms with E-state index in [9.17, 15) is 0 Å². The first kappa shape index (κ1) is 7.76. The van der Waals surface area contributed by atoms with Gasteiger partial charge in [-0.2, -0.15) is 11.8 Å². The van der Waals surface area contributed by atoms with Crippen molar-refractivity contribution in [2.45, 2.75) is 30.6 Å². The molecule has 0 aromatic carbocycles. The van der Waals surface area contributed by atoms with E-state index in [1.54, 1.807) is 11.8 Å². The number of azide groups is 1. The molecule has 1 fully saturated rings. The predicted molar refractivity (Wildman–Crippen MR) is 43.9 cm³/mol. The molecule has 0 aromatic heterocycles. The molecule has 0 aromatic rings. The number of thioether (sulfide) groups is 1. The third kappa shape index (κ3) is 1.39. The molecule has 0 spiro atoms. The zero-order valence-corrected chi connectivity index (χ0v) is 6.89. The van der Waals surface area contributed by atoms with E-state index in [0.29, 0.717) is 0 Å². The highest BCUT2D eigenvalue weighted by Crippen LogP contribution is 2.41. The van der Waals surface area contributed by atoms with Gasteiger partial charge in [-0.05, 0) is 24.6 Å². The van der Waals surface area contributed by atoms with Crippen LogP contribution in [0.5, 0.6) is 0 Å². The van der Waals surface area contributed by atoms with Crippen molar-refractivity contribution in [3.05, 3.63) is 10.4 Å². The Bertz CT molecular complexity index is 156. The third-order valence-corrected chi connectivity index (χ3v) is 3.24. The Morgan fingerprint density at radius 2 is 2.10 bits per heavy atom. The third-order valence-electron chi connectivity index (χ3n) is 1.99. The molecule has 0 unspecified atom stereocenters. The van der Waals surface area contributed by atoms with Gasteiger partial charge in [-0.25, -0.2) is 0 Å². The average molecular weight is 157 g/mol. The molecule has 0 heterocycles. The summed E-state index contributed by atoms with van der Waals surface area (Å²) in [5.74, 6) is 0. The molecule has 0 amide bonds. The van der Waals surface area contributed by atoms with Crippen molar-refractivity contribution in [3.8, 4) is 0 Å². The SMILES string of the molecule is CSC1(N=[N+]=[N-])CCCC1. The predicted octanol–water partition coefficient (Wildman–Crippen LogP) is 2.93. The summed E-state index contributed by atoms with van der Waals surface area (Å²) < 4.78 is 0. The van der Waals surface area contributed by atoms with Gasteiger partial charge < -0.3 is 0 Å². The Morgan fingerprint density at radius 1 is 1.50 bits per heavy atom. The molecular weight excluding hydrogens is 146 g/mol. The lowest BCUT2D eigenvalue weighted by Gasteiger charge is -2.18. The van der Waals surface area contributed by atoms with Crippen molar-refractivity contribution in [2.75, 3.05) is 6.26 Å². The molecule has 1 rings (SSSR count). The van der Waals surface area contributed by atoms with E-state index >= 15 is 0 Å². The summed E-state index contributed by atoms with van der Waals surface area (Å²) in [6, 6.07) is 0. The minimum Gasteiger partial charge on any atom is -0.153 e. The Morgan fingerprint density at radius 3 is 2.50 bits per heavy atom. The van der Waals surface area contributed by atoms with E-state index in [1.165, 1.54) is 12.8 Å². The van der Waals surface area contributed by atoms with Crippen molar-refractivity contribution < 1.29 is 0 Å². The van der Waals surface area contributed by atoms with Gasteiger partial charge in [0, 0.05) is 4.91 Å². The maximum absolute atomic E-state index is 8.27. The first-order chi connectivity index (χ1) is 4.83. The van der Waals surface area contributed by atoms with Crippen LogP contribution in [-0.2, 0) is 0 Å². The normalized spacial score (nSPS) is 22.1. The van der Waals surface area contributed by atoms with Crippen molar-refractivity contribution in [1.82, 2.24) is 0 Å². The molecular formula is C6H11N3S. The highest BCUT2D eigenvalue weighted by molar-refractivity contribution is 7.99. The van der Waals surface area contributed by atoms with Gasteiger partial charge in [0.25, 0.3) is 0 Å². The van der Waals surface area contributed by atoms with Crippen molar-refractivity contribution in [3.63, 3.8) is 0 Å². The van der Waals surface area contributed by atoms with E-state index in [0.717, 1.165) is 12.8 Å². The molecule has 4 heteroatoms. The van der Waals surface area contributed by atoms with Crippen molar-refractivity contribution >= 4 is 11.8 Å². The van der Waals surface area contributed by atoms with Gasteiger partial charge in [0.05, 0.1) is 4.87 Å². The Kier molecular flexibility index (Phi) is 2.46. The fraction of sp³-hybridized carbons (Fsp3) is 1.00. The van der Waals surface area contributed by atoms with Crippen LogP contribution in [-0.4, -0.2) is 11.1 Å². The van der Waals surface area contributed by atoms with Crippen molar-refractivity contribution in [2.24, 2.45) is 5.11 Å². The van der Waals surface area contributed by atoms with Crippen LogP contribution in [0.25, 0.3) is 10.4 Å². The quantitative estimate of drug-likeness (QED) is 0.345. The summed E-state index contributed by atoms with van der Waals surface area (Å²) in [6.07, 6.45) is 6.54. The lowest BCUT2D eigenvalue weighted by Crippen LogP contribution is -2.13. The number of nitrogens with zero attached hydrogens (tertiary/aromatic N) is 3. The minimum atomic E-state index is -0.0885. The van der Waals surface area contributed by atoms with Gasteiger partial charge in [-0.15, -0.1) is 0 Å². The zero-order chi connectivity index (χ0) is 7.45. The minimum absolute atomic E-state index is 0.0885. The Balaban J connectivity index is 2.66. The van der Waals surface area contributed by atoms with Gasteiger partial charge in [-0.1, -0.05) is 18.0 Å². The fourth-order valence-electron chi connectivity index (χ4n) is 1.35. The van der Waals surface area contributed by atoms with Gasteiger partial charge >= 0.3 is 0 Å². The monoisotopic (exact) mass is 157 g/mol. The smallest absolute Gasteiger partial charge is 0.0941 e. The van der Waals surface area contributed by atoms with E-state index in [1.807, 2.05) is 6.26 Å². The molecule has 1 aliphatic carbocycles.